The highest BCUT2D eigenvalue weighted by Gasteiger charge is 2.34. The smallest absolute Gasteiger partial charge is 0.303 e. The van der Waals surface area contributed by atoms with Gasteiger partial charge >= 0.3 is 6.03 Å². The maximum atomic E-state index is 12.2. The number of hydrogen-bond donors (Lipinski definition) is 2. The van der Waals surface area contributed by atoms with E-state index >= 15 is 0 Å². The van der Waals surface area contributed by atoms with Crippen LogP contribution in [-0.4, -0.2) is 34.3 Å². The lowest BCUT2D eigenvalue weighted by Crippen LogP contribution is -2.38. The minimum atomic E-state index is -0.619. The molecule has 1 aromatic heterocycles. The Morgan fingerprint density at radius 1 is 1.30 bits per heavy atom. The van der Waals surface area contributed by atoms with Crippen molar-refractivity contribution in [3.63, 3.8) is 0 Å². The second kappa shape index (κ2) is 6.41. The summed E-state index contributed by atoms with van der Waals surface area (Å²) in [4.78, 5) is 40.8. The Kier molecular flexibility index (Phi) is 4.15. The maximum absolute atomic E-state index is 12.2. The molecule has 2 aromatic rings. The predicted octanol–water partition coefficient (Wildman–Crippen LogP) is 1.67. The number of anilines is 1. The molecule has 2 N–H and O–H groups in total. The van der Waals surface area contributed by atoms with Gasteiger partial charge in [-0.1, -0.05) is 30.3 Å². The van der Waals surface area contributed by atoms with Gasteiger partial charge in [-0.15, -0.1) is 11.3 Å². The molecular formula is C15H12N4O3S. The molecule has 0 saturated carbocycles. The third-order valence-electron chi connectivity index (χ3n) is 3.05. The van der Waals surface area contributed by atoms with Crippen molar-refractivity contribution in [2.75, 3.05) is 11.9 Å². The van der Waals surface area contributed by atoms with Crippen molar-refractivity contribution >= 4 is 40.4 Å². The second-order valence-electron chi connectivity index (χ2n) is 4.68. The molecule has 4 amide bonds. The Balaban J connectivity index is 1.69. The highest BCUT2D eigenvalue weighted by atomic mass is 32.1. The molecule has 1 fully saturated rings. The van der Waals surface area contributed by atoms with E-state index in [0.717, 1.165) is 10.5 Å². The summed E-state index contributed by atoms with van der Waals surface area (Å²) in [6, 6.07) is 8.51. The van der Waals surface area contributed by atoms with Gasteiger partial charge in [0.25, 0.3) is 5.91 Å². The average molecular weight is 328 g/mol. The van der Waals surface area contributed by atoms with Gasteiger partial charge in [-0.25, -0.2) is 14.7 Å². The fourth-order valence-corrected chi connectivity index (χ4v) is 2.56. The molecule has 1 saturated heterocycles. The highest BCUT2D eigenvalue weighted by Crippen LogP contribution is 2.15. The number of benzene rings is 1. The quantitative estimate of drug-likeness (QED) is 0.660. The van der Waals surface area contributed by atoms with Crippen molar-refractivity contribution in [2.45, 2.75) is 0 Å². The summed E-state index contributed by atoms with van der Waals surface area (Å²) in [6.45, 7) is -0.365. The van der Waals surface area contributed by atoms with E-state index in [-0.39, 0.29) is 12.2 Å². The number of aromatic nitrogens is 1. The molecule has 0 bridgehead atoms. The molecule has 0 atom stereocenters. The summed E-state index contributed by atoms with van der Waals surface area (Å²) >= 11 is 1.25. The monoisotopic (exact) mass is 328 g/mol. The number of thiazole rings is 1. The molecule has 0 aliphatic carbocycles. The van der Waals surface area contributed by atoms with E-state index in [1.165, 1.54) is 11.3 Å². The van der Waals surface area contributed by atoms with Crippen LogP contribution in [0.15, 0.2) is 47.6 Å². The van der Waals surface area contributed by atoms with Crippen LogP contribution in [0.2, 0.25) is 0 Å². The van der Waals surface area contributed by atoms with Crippen molar-refractivity contribution in [1.82, 2.24) is 15.2 Å². The number of imide groups is 1. The normalized spacial score (nSPS) is 15.8. The number of urea groups is 1. The standard InChI is InChI=1S/C15H12N4O3S/c20-12(18-14-16-6-7-23-14)9-19-13(21)11(17-15(19)22)8-10-4-2-1-3-5-10/h1-8H,9H2,(H,17,22)(H,16,18,20)/b11-8+. The van der Waals surface area contributed by atoms with Crippen molar-refractivity contribution in [3.8, 4) is 0 Å². The molecule has 8 heteroatoms. The van der Waals surface area contributed by atoms with Gasteiger partial charge < -0.3 is 10.6 Å². The lowest BCUT2D eigenvalue weighted by molar-refractivity contribution is -0.127. The van der Waals surface area contributed by atoms with Crippen LogP contribution >= 0.6 is 11.3 Å². The maximum Gasteiger partial charge on any atom is 0.329 e. The molecule has 0 spiro atoms. The predicted molar refractivity (Wildman–Crippen MR) is 85.4 cm³/mol. The second-order valence-corrected chi connectivity index (χ2v) is 5.57. The van der Waals surface area contributed by atoms with Crippen molar-refractivity contribution < 1.29 is 14.4 Å². The van der Waals surface area contributed by atoms with Gasteiger partial charge in [-0.2, -0.15) is 0 Å². The van der Waals surface area contributed by atoms with Crippen molar-refractivity contribution in [1.29, 1.82) is 0 Å². The van der Waals surface area contributed by atoms with E-state index in [4.69, 9.17) is 0 Å². The van der Waals surface area contributed by atoms with Gasteiger partial charge in [0, 0.05) is 11.6 Å². The number of amides is 4. The van der Waals surface area contributed by atoms with E-state index in [1.807, 2.05) is 30.3 Å². The fourth-order valence-electron chi connectivity index (χ4n) is 2.02. The van der Waals surface area contributed by atoms with Gasteiger partial charge in [-0.05, 0) is 11.6 Å². The van der Waals surface area contributed by atoms with Crippen LogP contribution in [0.1, 0.15) is 5.56 Å². The van der Waals surface area contributed by atoms with Crippen LogP contribution in [0.4, 0.5) is 9.93 Å². The van der Waals surface area contributed by atoms with E-state index in [9.17, 15) is 14.4 Å². The third-order valence-corrected chi connectivity index (χ3v) is 3.74. The van der Waals surface area contributed by atoms with Gasteiger partial charge in [0.2, 0.25) is 5.91 Å². The molecule has 23 heavy (non-hydrogen) atoms. The Labute approximate surface area is 135 Å². The zero-order chi connectivity index (χ0) is 16.2. The molecular weight excluding hydrogens is 316 g/mol. The zero-order valence-corrected chi connectivity index (χ0v) is 12.7. The largest absolute Gasteiger partial charge is 0.329 e. The summed E-state index contributed by atoms with van der Waals surface area (Å²) in [5.74, 6) is -1.02. The van der Waals surface area contributed by atoms with Gasteiger partial charge in [0.1, 0.15) is 12.2 Å². The van der Waals surface area contributed by atoms with Crippen LogP contribution in [0.25, 0.3) is 6.08 Å². The Morgan fingerprint density at radius 3 is 2.78 bits per heavy atom. The number of nitrogens with one attached hydrogen (secondary N) is 2. The van der Waals surface area contributed by atoms with Gasteiger partial charge in [-0.3, -0.25) is 9.59 Å². The lowest BCUT2D eigenvalue weighted by atomic mass is 10.2. The molecule has 3 rings (SSSR count). The minimum absolute atomic E-state index is 0.142. The lowest BCUT2D eigenvalue weighted by Gasteiger charge is -2.10. The molecule has 1 aliphatic rings. The van der Waals surface area contributed by atoms with E-state index < -0.39 is 17.8 Å². The summed E-state index contributed by atoms with van der Waals surface area (Å²) < 4.78 is 0. The Hall–Kier alpha value is -3.00. The topological polar surface area (TPSA) is 91.4 Å². The van der Waals surface area contributed by atoms with Crippen LogP contribution in [0, 0.1) is 0 Å². The first-order chi connectivity index (χ1) is 11.1. The molecule has 7 nitrogen and oxygen atoms in total. The summed E-state index contributed by atoms with van der Waals surface area (Å²) in [6.07, 6.45) is 3.12. The summed E-state index contributed by atoms with van der Waals surface area (Å²) in [5, 5.41) is 7.13. The number of carbonyl (C=O) groups excluding carboxylic acids is 3. The van der Waals surface area contributed by atoms with E-state index in [2.05, 4.69) is 15.6 Å². The van der Waals surface area contributed by atoms with Crippen LogP contribution < -0.4 is 10.6 Å². The fraction of sp³-hybridized carbons (Fsp3) is 0.0667. The van der Waals surface area contributed by atoms with Crippen molar-refractivity contribution in [3.05, 3.63) is 53.2 Å². The Morgan fingerprint density at radius 2 is 2.09 bits per heavy atom. The average Bonchev–Trinajstić information content (AvgIpc) is 3.13. The zero-order valence-electron chi connectivity index (χ0n) is 11.9. The molecule has 1 aromatic carbocycles. The molecule has 116 valence electrons. The molecule has 0 unspecified atom stereocenters. The first-order valence-electron chi connectivity index (χ1n) is 6.72. The first kappa shape index (κ1) is 14.9. The van der Waals surface area contributed by atoms with Crippen molar-refractivity contribution in [2.24, 2.45) is 0 Å². The molecule has 2 heterocycles. The highest BCUT2D eigenvalue weighted by molar-refractivity contribution is 7.13. The van der Waals surface area contributed by atoms with E-state index in [0.29, 0.717) is 5.13 Å². The summed E-state index contributed by atoms with van der Waals surface area (Å²) in [5.41, 5.74) is 0.925. The molecule has 1 aliphatic heterocycles. The van der Waals surface area contributed by atoms with Gasteiger partial charge in [0.15, 0.2) is 5.13 Å². The number of nitrogens with zero attached hydrogens (tertiary/aromatic N) is 2. The third kappa shape index (κ3) is 3.43. The SMILES string of the molecule is O=C(CN1C(=O)N/C(=C/c2ccccc2)C1=O)Nc1nccs1. The Bertz CT molecular complexity index is 771. The number of hydrogen-bond acceptors (Lipinski definition) is 5. The summed E-state index contributed by atoms with van der Waals surface area (Å²) in [7, 11) is 0. The molecule has 0 radical (unpaired) electrons. The van der Waals surface area contributed by atoms with Crippen LogP contribution in [0.3, 0.4) is 0 Å². The number of rotatable bonds is 4. The van der Waals surface area contributed by atoms with Gasteiger partial charge in [0.05, 0.1) is 0 Å². The minimum Gasteiger partial charge on any atom is -0.303 e. The first-order valence-corrected chi connectivity index (χ1v) is 7.60. The van der Waals surface area contributed by atoms with Crippen LogP contribution in [0.5, 0.6) is 0 Å². The van der Waals surface area contributed by atoms with Crippen LogP contribution in [-0.2, 0) is 9.59 Å². The number of carbonyl (C=O) groups is 3. The van der Waals surface area contributed by atoms with E-state index in [1.54, 1.807) is 17.7 Å².